The Labute approximate surface area is 148 Å². The molecule has 0 atom stereocenters. The topological polar surface area (TPSA) is 132 Å². The van der Waals surface area contributed by atoms with Crippen LogP contribution in [0.4, 0.5) is 11.4 Å². The van der Waals surface area contributed by atoms with Gasteiger partial charge in [0.25, 0.3) is 15.7 Å². The van der Waals surface area contributed by atoms with E-state index in [0.717, 1.165) is 6.07 Å². The van der Waals surface area contributed by atoms with Gasteiger partial charge in [-0.2, -0.15) is 0 Å². The van der Waals surface area contributed by atoms with Gasteiger partial charge in [-0.15, -0.1) is 0 Å². The highest BCUT2D eigenvalue weighted by Gasteiger charge is 2.23. The van der Waals surface area contributed by atoms with Crippen LogP contribution in [-0.4, -0.2) is 19.2 Å². The predicted molar refractivity (Wildman–Crippen MR) is 93.3 cm³/mol. The number of nitro benzene ring substituents is 1. The summed E-state index contributed by atoms with van der Waals surface area (Å²) in [7, 11) is -4.13. The average molecular weight is 384 g/mol. The zero-order valence-electron chi connectivity index (χ0n) is 13.2. The van der Waals surface area contributed by atoms with Crippen LogP contribution in [0.15, 0.2) is 35.2 Å². The molecule has 0 aromatic heterocycles. The van der Waals surface area contributed by atoms with Gasteiger partial charge in [0.05, 0.1) is 20.4 Å². The lowest BCUT2D eigenvalue weighted by atomic mass is 10.1. The van der Waals surface area contributed by atoms with Gasteiger partial charge < -0.3 is 5.73 Å². The highest BCUT2D eigenvalue weighted by Crippen LogP contribution is 2.28. The van der Waals surface area contributed by atoms with E-state index in [-0.39, 0.29) is 26.9 Å². The van der Waals surface area contributed by atoms with Crippen LogP contribution in [0.2, 0.25) is 5.02 Å². The first kappa shape index (κ1) is 18.7. The number of rotatable bonds is 5. The lowest BCUT2D eigenvalue weighted by molar-refractivity contribution is -0.385. The molecule has 132 valence electrons. The zero-order valence-corrected chi connectivity index (χ0v) is 14.8. The van der Waals surface area contributed by atoms with Gasteiger partial charge in [0.15, 0.2) is 0 Å². The maximum atomic E-state index is 12.6. The summed E-state index contributed by atoms with van der Waals surface area (Å²) < 4.78 is 27.5. The van der Waals surface area contributed by atoms with Crippen LogP contribution < -0.4 is 10.5 Å². The van der Waals surface area contributed by atoms with Gasteiger partial charge in [-0.25, -0.2) is 8.42 Å². The zero-order chi connectivity index (χ0) is 18.9. The summed E-state index contributed by atoms with van der Waals surface area (Å²) in [5.74, 6) is -0.812. The molecular weight excluding hydrogens is 370 g/mol. The Morgan fingerprint density at radius 1 is 1.24 bits per heavy atom. The third kappa shape index (κ3) is 3.89. The number of aryl methyl sites for hydroxylation is 1. The molecule has 0 spiro atoms. The molecule has 0 fully saturated rings. The van der Waals surface area contributed by atoms with Gasteiger partial charge in [-0.05, 0) is 43.2 Å². The highest BCUT2D eigenvalue weighted by molar-refractivity contribution is 7.92. The summed E-state index contributed by atoms with van der Waals surface area (Å²) in [6.07, 6.45) is 0. The molecule has 3 N–H and O–H groups in total. The van der Waals surface area contributed by atoms with Crippen LogP contribution in [0.3, 0.4) is 0 Å². The van der Waals surface area contributed by atoms with E-state index >= 15 is 0 Å². The predicted octanol–water partition coefficient (Wildman–Crippen LogP) is 2.76. The number of carbonyl (C=O) groups is 1. The van der Waals surface area contributed by atoms with Crippen LogP contribution in [0, 0.1) is 24.0 Å². The third-order valence-electron chi connectivity index (χ3n) is 3.59. The second-order valence-corrected chi connectivity index (χ2v) is 7.37. The quantitative estimate of drug-likeness (QED) is 0.605. The number of carbonyl (C=O) groups excluding carboxylic acids is 1. The lowest BCUT2D eigenvalue weighted by Gasteiger charge is -2.13. The Morgan fingerprint density at radius 2 is 1.88 bits per heavy atom. The van der Waals surface area contributed by atoms with Crippen molar-refractivity contribution in [2.45, 2.75) is 18.7 Å². The van der Waals surface area contributed by atoms with E-state index in [2.05, 4.69) is 4.72 Å². The number of anilines is 1. The monoisotopic (exact) mass is 383 g/mol. The number of primary amides is 1. The summed E-state index contributed by atoms with van der Waals surface area (Å²) in [5.41, 5.74) is 5.69. The van der Waals surface area contributed by atoms with Crippen molar-refractivity contribution < 1.29 is 18.1 Å². The number of nitrogens with two attached hydrogens (primary N) is 1. The van der Waals surface area contributed by atoms with Crippen molar-refractivity contribution in [3.05, 3.63) is 62.2 Å². The van der Waals surface area contributed by atoms with E-state index < -0.39 is 20.9 Å². The second kappa shape index (κ2) is 6.69. The van der Waals surface area contributed by atoms with Gasteiger partial charge in [-0.1, -0.05) is 11.6 Å². The van der Waals surface area contributed by atoms with Crippen molar-refractivity contribution in [3.8, 4) is 0 Å². The smallest absolute Gasteiger partial charge is 0.271 e. The van der Waals surface area contributed by atoms with Crippen LogP contribution in [0.5, 0.6) is 0 Å². The number of amides is 1. The van der Waals surface area contributed by atoms with Crippen molar-refractivity contribution >= 4 is 38.9 Å². The van der Waals surface area contributed by atoms with E-state index in [1.54, 1.807) is 13.8 Å². The minimum Gasteiger partial charge on any atom is -0.366 e. The molecule has 2 aromatic rings. The van der Waals surface area contributed by atoms with Gasteiger partial charge in [0.1, 0.15) is 0 Å². The van der Waals surface area contributed by atoms with E-state index in [0.29, 0.717) is 11.1 Å². The Bertz CT molecular complexity index is 989. The molecule has 0 heterocycles. The fourth-order valence-corrected chi connectivity index (χ4v) is 3.78. The Hall–Kier alpha value is -2.65. The summed E-state index contributed by atoms with van der Waals surface area (Å²) in [6.45, 7) is 3.12. The summed E-state index contributed by atoms with van der Waals surface area (Å²) >= 11 is 5.83. The van der Waals surface area contributed by atoms with Crippen LogP contribution in [0.25, 0.3) is 0 Å². The van der Waals surface area contributed by atoms with Crippen LogP contribution >= 0.6 is 11.6 Å². The molecule has 0 aliphatic rings. The van der Waals surface area contributed by atoms with Gasteiger partial charge in [0.2, 0.25) is 5.91 Å². The van der Waals surface area contributed by atoms with E-state index in [4.69, 9.17) is 17.3 Å². The molecule has 8 nitrogen and oxygen atoms in total. The van der Waals surface area contributed by atoms with E-state index in [9.17, 15) is 23.3 Å². The number of benzene rings is 2. The number of nitrogens with one attached hydrogen (secondary N) is 1. The SMILES string of the molecule is Cc1cc([N+](=O)[O-])cc(S(=O)(=O)Nc2ccc(Cl)c(C(N)=O)c2)c1C. The molecule has 0 aliphatic carbocycles. The lowest BCUT2D eigenvalue weighted by Crippen LogP contribution is -2.17. The molecular formula is C15H14ClN3O5S. The molecule has 0 radical (unpaired) electrons. The number of hydrogen-bond donors (Lipinski definition) is 2. The number of nitro groups is 1. The van der Waals surface area contributed by atoms with Gasteiger partial charge in [-0.3, -0.25) is 19.6 Å². The minimum atomic E-state index is -4.13. The van der Waals surface area contributed by atoms with Crippen molar-refractivity contribution in [3.63, 3.8) is 0 Å². The standard InChI is InChI=1S/C15H14ClN3O5S/c1-8-5-11(19(21)22)7-14(9(8)2)25(23,24)18-10-3-4-13(16)12(6-10)15(17)20/h3-7,18H,1-2H3,(H2,17,20). The van der Waals surface area contributed by atoms with Crippen molar-refractivity contribution in [1.82, 2.24) is 0 Å². The number of nitrogens with zero attached hydrogens (tertiary/aromatic N) is 1. The third-order valence-corrected chi connectivity index (χ3v) is 5.43. The number of sulfonamides is 1. The summed E-state index contributed by atoms with van der Waals surface area (Å²) in [4.78, 5) is 21.4. The van der Waals surface area contributed by atoms with Crippen molar-refractivity contribution in [2.24, 2.45) is 5.73 Å². The molecule has 25 heavy (non-hydrogen) atoms. The van der Waals surface area contributed by atoms with E-state index in [1.807, 2.05) is 0 Å². The first-order valence-electron chi connectivity index (χ1n) is 6.90. The summed E-state index contributed by atoms with van der Waals surface area (Å²) in [6, 6.07) is 6.15. The molecule has 2 rings (SSSR count). The Balaban J connectivity index is 2.52. The fraction of sp³-hybridized carbons (Fsp3) is 0.133. The maximum Gasteiger partial charge on any atom is 0.271 e. The number of halogens is 1. The maximum absolute atomic E-state index is 12.6. The summed E-state index contributed by atoms with van der Waals surface area (Å²) in [5, 5.41) is 11.1. The van der Waals surface area contributed by atoms with Crippen LogP contribution in [0.1, 0.15) is 21.5 Å². The molecule has 0 saturated heterocycles. The van der Waals surface area contributed by atoms with Gasteiger partial charge >= 0.3 is 0 Å². The molecule has 2 aromatic carbocycles. The molecule has 0 unspecified atom stereocenters. The first-order valence-corrected chi connectivity index (χ1v) is 8.77. The Kier molecular flexibility index (Phi) is 5.00. The number of non-ortho nitro benzene ring substituents is 1. The second-order valence-electron chi connectivity index (χ2n) is 5.31. The van der Waals surface area contributed by atoms with Gasteiger partial charge in [0, 0.05) is 17.8 Å². The molecule has 0 saturated carbocycles. The normalized spacial score (nSPS) is 11.2. The fourth-order valence-electron chi connectivity index (χ4n) is 2.18. The van der Waals surface area contributed by atoms with E-state index in [1.165, 1.54) is 24.3 Å². The van der Waals surface area contributed by atoms with Crippen molar-refractivity contribution in [2.75, 3.05) is 4.72 Å². The minimum absolute atomic E-state index is 0.0474. The van der Waals surface area contributed by atoms with Crippen LogP contribution in [-0.2, 0) is 10.0 Å². The molecule has 0 bridgehead atoms. The van der Waals surface area contributed by atoms with Crippen molar-refractivity contribution in [1.29, 1.82) is 0 Å². The molecule has 1 amide bonds. The number of hydrogen-bond acceptors (Lipinski definition) is 5. The molecule has 0 aliphatic heterocycles. The average Bonchev–Trinajstić information content (AvgIpc) is 2.50. The largest absolute Gasteiger partial charge is 0.366 e. The Morgan fingerprint density at radius 3 is 2.44 bits per heavy atom. The highest BCUT2D eigenvalue weighted by atomic mass is 35.5. The molecule has 10 heteroatoms. The first-order chi connectivity index (χ1) is 11.5.